The number of hydrogen-bond acceptors (Lipinski definition) is 5. The maximum Gasteiger partial charge on any atom is 0.263 e. The Bertz CT molecular complexity index is 883. The highest BCUT2D eigenvalue weighted by molar-refractivity contribution is 6.35. The number of carbonyl (C=O) groups is 1. The van der Waals surface area contributed by atoms with Crippen LogP contribution in [-0.2, 0) is 4.79 Å². The number of benzene rings is 1. The van der Waals surface area contributed by atoms with Gasteiger partial charge in [-0.15, -0.1) is 0 Å². The first-order valence-electron chi connectivity index (χ1n) is 9.75. The van der Waals surface area contributed by atoms with Crippen molar-refractivity contribution in [2.75, 3.05) is 31.1 Å². The van der Waals surface area contributed by atoms with Gasteiger partial charge in [-0.25, -0.2) is 9.97 Å². The van der Waals surface area contributed by atoms with Gasteiger partial charge in [-0.3, -0.25) is 4.79 Å². The number of aryl methyl sites for hydroxylation is 1. The summed E-state index contributed by atoms with van der Waals surface area (Å²) < 4.78 is 5.77. The number of anilines is 1. The highest BCUT2D eigenvalue weighted by atomic mass is 35.5. The van der Waals surface area contributed by atoms with E-state index in [1.165, 1.54) is 0 Å². The van der Waals surface area contributed by atoms with Crippen molar-refractivity contribution in [3.63, 3.8) is 0 Å². The molecule has 1 amide bonds. The molecular weight excluding hydrogens is 411 g/mol. The third kappa shape index (κ3) is 5.31. The summed E-state index contributed by atoms with van der Waals surface area (Å²) in [6.45, 7) is 10.6. The van der Waals surface area contributed by atoms with Crippen molar-refractivity contribution >= 4 is 34.9 Å². The fraction of sp³-hybridized carbons (Fsp3) is 0.476. The molecule has 0 radical (unpaired) electrons. The first kappa shape index (κ1) is 21.7. The maximum atomic E-state index is 12.8. The van der Waals surface area contributed by atoms with Crippen LogP contribution in [0.15, 0.2) is 24.3 Å². The van der Waals surface area contributed by atoms with E-state index >= 15 is 0 Å². The molecule has 29 heavy (non-hydrogen) atoms. The minimum Gasteiger partial charge on any atom is -0.479 e. The highest BCUT2D eigenvalue weighted by Crippen LogP contribution is 2.28. The number of ether oxygens (including phenoxy) is 1. The molecule has 0 N–H and O–H groups in total. The number of nitrogens with zero attached hydrogens (tertiary/aromatic N) is 4. The van der Waals surface area contributed by atoms with Gasteiger partial charge in [0.1, 0.15) is 17.4 Å². The average molecular weight is 437 g/mol. The standard InChI is InChI=1S/C21H26Cl2N4O2/c1-13(2)20-24-14(3)11-19(25-20)26-7-9-27(10-8-26)21(28)15(4)29-18-6-5-16(22)12-17(18)23/h5-6,11-13,15H,7-10H2,1-4H3. The molecule has 1 saturated heterocycles. The fourth-order valence-electron chi connectivity index (χ4n) is 3.22. The van der Waals surface area contributed by atoms with Crippen LogP contribution in [0.4, 0.5) is 5.82 Å². The minimum absolute atomic E-state index is 0.0580. The molecule has 1 atom stereocenters. The van der Waals surface area contributed by atoms with Crippen molar-refractivity contribution in [3.05, 3.63) is 45.8 Å². The Balaban J connectivity index is 1.60. The predicted molar refractivity (Wildman–Crippen MR) is 116 cm³/mol. The molecule has 1 unspecified atom stereocenters. The minimum atomic E-state index is -0.630. The SMILES string of the molecule is Cc1cc(N2CCN(C(=O)C(C)Oc3ccc(Cl)cc3Cl)CC2)nc(C(C)C)n1. The first-order valence-corrected chi connectivity index (χ1v) is 10.5. The van der Waals surface area contributed by atoms with Gasteiger partial charge >= 0.3 is 0 Å². The normalized spacial score (nSPS) is 15.6. The van der Waals surface area contributed by atoms with Gasteiger partial charge < -0.3 is 14.5 Å². The number of aromatic nitrogens is 2. The molecule has 0 aliphatic carbocycles. The van der Waals surface area contributed by atoms with Gasteiger partial charge in [0.2, 0.25) is 0 Å². The Morgan fingerprint density at radius 1 is 1.07 bits per heavy atom. The highest BCUT2D eigenvalue weighted by Gasteiger charge is 2.27. The maximum absolute atomic E-state index is 12.8. The number of amides is 1. The summed E-state index contributed by atoms with van der Waals surface area (Å²) in [5.41, 5.74) is 0.957. The van der Waals surface area contributed by atoms with Crippen LogP contribution in [0.5, 0.6) is 5.75 Å². The van der Waals surface area contributed by atoms with Gasteiger partial charge in [-0.05, 0) is 32.0 Å². The van der Waals surface area contributed by atoms with E-state index in [9.17, 15) is 4.79 Å². The smallest absolute Gasteiger partial charge is 0.263 e. The second kappa shape index (κ2) is 9.18. The molecule has 1 fully saturated rings. The number of halogens is 2. The van der Waals surface area contributed by atoms with E-state index in [1.54, 1.807) is 25.1 Å². The zero-order valence-electron chi connectivity index (χ0n) is 17.2. The quantitative estimate of drug-likeness (QED) is 0.697. The predicted octanol–water partition coefficient (Wildman–Crippen LogP) is 4.33. The lowest BCUT2D eigenvalue weighted by atomic mass is 10.2. The summed E-state index contributed by atoms with van der Waals surface area (Å²) in [5, 5.41) is 0.917. The van der Waals surface area contributed by atoms with Gasteiger partial charge in [-0.2, -0.15) is 0 Å². The molecule has 156 valence electrons. The second-order valence-electron chi connectivity index (χ2n) is 7.53. The van der Waals surface area contributed by atoms with E-state index in [0.717, 1.165) is 17.3 Å². The van der Waals surface area contributed by atoms with E-state index < -0.39 is 6.10 Å². The van der Waals surface area contributed by atoms with Crippen LogP contribution in [0.1, 0.15) is 38.2 Å². The fourth-order valence-corrected chi connectivity index (χ4v) is 3.67. The molecule has 2 heterocycles. The molecule has 2 aromatic rings. The molecule has 1 aromatic heterocycles. The molecule has 1 aromatic carbocycles. The summed E-state index contributed by atoms with van der Waals surface area (Å²) in [4.78, 5) is 26.0. The molecule has 1 aliphatic rings. The number of hydrogen-bond donors (Lipinski definition) is 0. The topological polar surface area (TPSA) is 58.6 Å². The van der Waals surface area contributed by atoms with Crippen molar-refractivity contribution < 1.29 is 9.53 Å². The Morgan fingerprint density at radius 2 is 1.76 bits per heavy atom. The zero-order valence-corrected chi connectivity index (χ0v) is 18.7. The molecule has 0 bridgehead atoms. The van der Waals surface area contributed by atoms with Gasteiger partial charge in [0, 0.05) is 48.9 Å². The van der Waals surface area contributed by atoms with Crippen molar-refractivity contribution in [1.82, 2.24) is 14.9 Å². The van der Waals surface area contributed by atoms with Gasteiger partial charge in [0.15, 0.2) is 6.10 Å². The zero-order chi connectivity index (χ0) is 21.1. The monoisotopic (exact) mass is 436 g/mol. The van der Waals surface area contributed by atoms with Crippen LogP contribution >= 0.6 is 23.2 Å². The summed E-state index contributed by atoms with van der Waals surface area (Å²) in [7, 11) is 0. The third-order valence-electron chi connectivity index (χ3n) is 4.84. The van der Waals surface area contributed by atoms with Crippen LogP contribution in [0.2, 0.25) is 10.0 Å². The summed E-state index contributed by atoms with van der Waals surface area (Å²) in [6.07, 6.45) is -0.630. The third-order valence-corrected chi connectivity index (χ3v) is 5.37. The van der Waals surface area contributed by atoms with Crippen LogP contribution in [-0.4, -0.2) is 53.1 Å². The van der Waals surface area contributed by atoms with Crippen molar-refractivity contribution in [1.29, 1.82) is 0 Å². The van der Waals surface area contributed by atoms with E-state index in [2.05, 4.69) is 23.7 Å². The summed E-state index contributed by atoms with van der Waals surface area (Å²) in [5.74, 6) is 2.44. The van der Waals surface area contributed by atoms with E-state index in [1.807, 2.05) is 17.9 Å². The number of rotatable bonds is 5. The van der Waals surface area contributed by atoms with Crippen LogP contribution in [0.3, 0.4) is 0 Å². The lowest BCUT2D eigenvalue weighted by Gasteiger charge is -2.36. The number of carbonyl (C=O) groups excluding carboxylic acids is 1. The Labute approximate surface area is 181 Å². The first-order chi connectivity index (χ1) is 13.7. The summed E-state index contributed by atoms with van der Waals surface area (Å²) in [6, 6.07) is 6.96. The Morgan fingerprint density at radius 3 is 2.38 bits per heavy atom. The molecule has 3 rings (SSSR count). The van der Waals surface area contributed by atoms with Crippen LogP contribution in [0.25, 0.3) is 0 Å². The molecule has 0 saturated carbocycles. The van der Waals surface area contributed by atoms with Gasteiger partial charge in [-0.1, -0.05) is 37.0 Å². The second-order valence-corrected chi connectivity index (χ2v) is 8.37. The lowest BCUT2D eigenvalue weighted by molar-refractivity contribution is -0.138. The van der Waals surface area contributed by atoms with E-state index in [0.29, 0.717) is 42.0 Å². The molecule has 8 heteroatoms. The summed E-state index contributed by atoms with van der Waals surface area (Å²) >= 11 is 12.1. The van der Waals surface area contributed by atoms with Crippen LogP contribution < -0.4 is 9.64 Å². The molecule has 6 nitrogen and oxygen atoms in total. The molecule has 1 aliphatic heterocycles. The van der Waals surface area contributed by atoms with E-state index in [-0.39, 0.29) is 11.8 Å². The Hall–Kier alpha value is -2.05. The van der Waals surface area contributed by atoms with Crippen molar-refractivity contribution in [2.45, 2.75) is 39.7 Å². The van der Waals surface area contributed by atoms with Gasteiger partial charge in [0.05, 0.1) is 5.02 Å². The van der Waals surface area contributed by atoms with E-state index in [4.69, 9.17) is 32.9 Å². The average Bonchev–Trinajstić information content (AvgIpc) is 2.69. The van der Waals surface area contributed by atoms with Gasteiger partial charge in [0.25, 0.3) is 5.91 Å². The lowest BCUT2D eigenvalue weighted by Crippen LogP contribution is -2.52. The Kier molecular flexibility index (Phi) is 6.85. The molecule has 0 spiro atoms. The largest absolute Gasteiger partial charge is 0.479 e. The number of piperazine rings is 1. The van der Waals surface area contributed by atoms with Crippen LogP contribution in [0, 0.1) is 6.92 Å². The van der Waals surface area contributed by atoms with Crippen molar-refractivity contribution in [2.24, 2.45) is 0 Å². The van der Waals surface area contributed by atoms with Crippen molar-refractivity contribution in [3.8, 4) is 5.75 Å². The molecular formula is C21H26Cl2N4O2.